The molecule has 0 atom stereocenters. The molecule has 0 radical (unpaired) electrons. The molecule has 4 aromatic heterocycles. The summed E-state index contributed by atoms with van der Waals surface area (Å²) in [7, 11) is 0. The van der Waals surface area contributed by atoms with Crippen molar-refractivity contribution in [1.82, 2.24) is 9.97 Å². The summed E-state index contributed by atoms with van der Waals surface area (Å²) in [5.74, 6) is 0.716. The zero-order chi connectivity index (χ0) is 29.5. The average molecular weight is 611 g/mol. The Morgan fingerprint density at radius 3 is 1.76 bits per heavy atom. The van der Waals surface area contributed by atoms with Crippen LogP contribution in [-0.4, -0.2) is 9.97 Å². The summed E-state index contributed by atoms with van der Waals surface area (Å²) in [4.78, 5) is 10.4. The van der Waals surface area contributed by atoms with E-state index < -0.39 is 0 Å². The molecule has 0 bridgehead atoms. The van der Waals surface area contributed by atoms with E-state index in [1.54, 1.807) is 0 Å². The Kier molecular flexibility index (Phi) is 5.32. The molecule has 6 aromatic carbocycles. The molecule has 0 amide bonds. The van der Waals surface area contributed by atoms with E-state index in [9.17, 15) is 0 Å². The summed E-state index contributed by atoms with van der Waals surface area (Å²) < 4.78 is 11.2. The van der Waals surface area contributed by atoms with Crippen LogP contribution >= 0.6 is 22.7 Å². The lowest BCUT2D eigenvalue weighted by molar-refractivity contribution is 0.669. The van der Waals surface area contributed by atoms with E-state index in [2.05, 4.69) is 121 Å². The van der Waals surface area contributed by atoms with E-state index in [4.69, 9.17) is 14.4 Å². The summed E-state index contributed by atoms with van der Waals surface area (Å²) >= 11 is 3.65. The quantitative estimate of drug-likeness (QED) is 0.200. The van der Waals surface area contributed by atoms with Crippen LogP contribution in [0.15, 0.2) is 138 Å². The Hall–Kier alpha value is -5.36. The van der Waals surface area contributed by atoms with Gasteiger partial charge in [0.2, 0.25) is 0 Å². The Morgan fingerprint density at radius 2 is 0.933 bits per heavy atom. The largest absolute Gasteiger partial charge is 0.456 e. The van der Waals surface area contributed by atoms with Crippen LogP contribution in [0.5, 0.6) is 0 Å². The lowest BCUT2D eigenvalue weighted by atomic mass is 10.0. The fraction of sp³-hybridized carbons (Fsp3) is 0. The smallest absolute Gasteiger partial charge is 0.160 e. The molecule has 0 aliphatic heterocycles. The Morgan fingerprint density at radius 1 is 0.378 bits per heavy atom. The SMILES string of the molecule is c1ccc2c(c1)oc1ccc(-c3cc(-c4ccc5c(c4)sc4ccccc45)nc(-c4ccc5sc6ccccc6c5c4)n3)cc12. The van der Waals surface area contributed by atoms with Crippen LogP contribution in [0.2, 0.25) is 0 Å². The van der Waals surface area contributed by atoms with Gasteiger partial charge >= 0.3 is 0 Å². The van der Waals surface area contributed by atoms with Crippen LogP contribution in [0.3, 0.4) is 0 Å². The molecule has 0 aliphatic rings. The highest BCUT2D eigenvalue weighted by atomic mass is 32.1. The van der Waals surface area contributed by atoms with Gasteiger partial charge in [0.25, 0.3) is 0 Å². The topological polar surface area (TPSA) is 38.9 Å². The molecule has 10 rings (SSSR count). The molecule has 0 saturated carbocycles. The van der Waals surface area contributed by atoms with E-state index in [1.807, 2.05) is 34.8 Å². The summed E-state index contributed by atoms with van der Waals surface area (Å²) in [6, 6.07) is 47.2. The molecule has 0 fully saturated rings. The van der Waals surface area contributed by atoms with Crippen molar-refractivity contribution in [3.63, 3.8) is 0 Å². The normalized spacial score (nSPS) is 12.0. The number of hydrogen-bond donors (Lipinski definition) is 0. The van der Waals surface area contributed by atoms with E-state index in [1.165, 1.54) is 40.3 Å². The second-order valence-corrected chi connectivity index (χ2v) is 13.6. The van der Waals surface area contributed by atoms with Crippen molar-refractivity contribution in [1.29, 1.82) is 0 Å². The number of furan rings is 1. The zero-order valence-electron chi connectivity index (χ0n) is 23.8. The minimum Gasteiger partial charge on any atom is -0.456 e. The number of thiophene rings is 2. The minimum absolute atomic E-state index is 0.716. The monoisotopic (exact) mass is 610 g/mol. The molecule has 210 valence electrons. The highest BCUT2D eigenvalue weighted by molar-refractivity contribution is 7.26. The highest BCUT2D eigenvalue weighted by Gasteiger charge is 2.16. The zero-order valence-corrected chi connectivity index (χ0v) is 25.5. The second kappa shape index (κ2) is 9.57. The number of para-hydroxylation sites is 1. The van der Waals surface area contributed by atoms with Crippen molar-refractivity contribution in [2.45, 2.75) is 0 Å². The van der Waals surface area contributed by atoms with Crippen LogP contribution in [-0.2, 0) is 0 Å². The van der Waals surface area contributed by atoms with Crippen LogP contribution in [0.1, 0.15) is 0 Å². The number of fused-ring (bicyclic) bond motifs is 9. The first kappa shape index (κ1) is 25.0. The number of aromatic nitrogens is 2. The molecule has 4 heterocycles. The molecular weight excluding hydrogens is 589 g/mol. The molecule has 0 N–H and O–H groups in total. The van der Waals surface area contributed by atoms with Crippen LogP contribution in [0.4, 0.5) is 0 Å². The number of hydrogen-bond acceptors (Lipinski definition) is 5. The maximum absolute atomic E-state index is 6.13. The first-order chi connectivity index (χ1) is 22.2. The predicted molar refractivity (Wildman–Crippen MR) is 191 cm³/mol. The van der Waals surface area contributed by atoms with Crippen molar-refractivity contribution in [3.8, 4) is 33.9 Å². The van der Waals surface area contributed by atoms with Crippen LogP contribution in [0, 0.1) is 0 Å². The molecular formula is C40H22N2OS2. The maximum Gasteiger partial charge on any atom is 0.160 e. The summed E-state index contributed by atoms with van der Waals surface area (Å²) in [6.07, 6.45) is 0. The van der Waals surface area contributed by atoms with Crippen LogP contribution < -0.4 is 0 Å². The van der Waals surface area contributed by atoms with E-state index in [-0.39, 0.29) is 0 Å². The number of rotatable bonds is 3. The average Bonchev–Trinajstić information content (AvgIpc) is 3.78. The van der Waals surface area contributed by atoms with Crippen molar-refractivity contribution in [3.05, 3.63) is 133 Å². The number of nitrogens with zero attached hydrogens (tertiary/aromatic N) is 2. The summed E-state index contributed by atoms with van der Waals surface area (Å²) in [5.41, 5.74) is 6.67. The predicted octanol–water partition coefficient (Wildman–Crippen LogP) is 12.1. The van der Waals surface area contributed by atoms with E-state index >= 15 is 0 Å². The van der Waals surface area contributed by atoms with Gasteiger partial charge in [-0.1, -0.05) is 66.7 Å². The lowest BCUT2D eigenvalue weighted by Crippen LogP contribution is -1.96. The molecule has 0 saturated heterocycles. The standard InChI is InChI=1S/C40H22N2OS2/c1-4-10-34-26(7-1)30-19-23(14-17-35(30)43-34)32-22-33(24-13-16-29-27-8-2-5-11-36(27)45-39(29)21-24)42-40(41-32)25-15-18-38-31(20-25)28-9-3-6-12-37(28)44-38/h1-22H. The van der Waals surface area contributed by atoms with Gasteiger partial charge in [-0.3, -0.25) is 0 Å². The van der Waals surface area contributed by atoms with Crippen molar-refractivity contribution >= 4 is 85.0 Å². The first-order valence-corrected chi connectivity index (χ1v) is 16.5. The third-order valence-electron chi connectivity index (χ3n) is 8.71. The molecule has 0 aliphatic carbocycles. The third-order valence-corrected chi connectivity index (χ3v) is 11.0. The molecule has 5 heteroatoms. The van der Waals surface area contributed by atoms with Gasteiger partial charge in [0.1, 0.15) is 11.2 Å². The highest BCUT2D eigenvalue weighted by Crippen LogP contribution is 2.39. The van der Waals surface area contributed by atoms with Gasteiger partial charge in [0.15, 0.2) is 5.82 Å². The summed E-state index contributed by atoms with van der Waals surface area (Å²) in [5, 5.41) is 7.27. The van der Waals surface area contributed by atoms with Crippen LogP contribution in [0.25, 0.3) is 96.2 Å². The Labute approximate surface area is 265 Å². The van der Waals surface area contributed by atoms with Crippen molar-refractivity contribution in [2.24, 2.45) is 0 Å². The van der Waals surface area contributed by atoms with Gasteiger partial charge in [0.05, 0.1) is 11.4 Å². The number of benzene rings is 6. The van der Waals surface area contributed by atoms with Crippen molar-refractivity contribution in [2.75, 3.05) is 0 Å². The third kappa shape index (κ3) is 3.95. The Bertz CT molecular complexity index is 2650. The van der Waals surface area contributed by atoms with Gasteiger partial charge < -0.3 is 4.42 Å². The Balaban J connectivity index is 1.20. The first-order valence-electron chi connectivity index (χ1n) is 14.9. The summed E-state index contributed by atoms with van der Waals surface area (Å²) in [6.45, 7) is 0. The van der Waals surface area contributed by atoms with E-state index in [0.29, 0.717) is 5.82 Å². The molecule has 3 nitrogen and oxygen atoms in total. The lowest BCUT2D eigenvalue weighted by Gasteiger charge is -2.10. The fourth-order valence-corrected chi connectivity index (χ4v) is 8.74. The minimum atomic E-state index is 0.716. The van der Waals surface area contributed by atoms with Gasteiger partial charge in [-0.15, -0.1) is 22.7 Å². The van der Waals surface area contributed by atoms with Gasteiger partial charge in [-0.25, -0.2) is 9.97 Å². The molecule has 0 unspecified atom stereocenters. The van der Waals surface area contributed by atoms with Gasteiger partial charge in [-0.2, -0.15) is 0 Å². The molecule has 10 aromatic rings. The molecule has 45 heavy (non-hydrogen) atoms. The van der Waals surface area contributed by atoms with Crippen molar-refractivity contribution < 1.29 is 4.42 Å². The second-order valence-electron chi connectivity index (χ2n) is 11.4. The van der Waals surface area contributed by atoms with E-state index in [0.717, 1.165) is 50.0 Å². The maximum atomic E-state index is 6.13. The van der Waals surface area contributed by atoms with Gasteiger partial charge in [-0.05, 0) is 66.7 Å². The molecule has 0 spiro atoms. The fourth-order valence-electron chi connectivity index (χ4n) is 6.51. The van der Waals surface area contributed by atoms with Gasteiger partial charge in [0, 0.05) is 67.8 Å².